The topological polar surface area (TPSA) is 66.4 Å². The summed E-state index contributed by atoms with van der Waals surface area (Å²) in [4.78, 5) is 21.7. The molecule has 4 heteroatoms. The highest BCUT2D eigenvalue weighted by molar-refractivity contribution is 5.83. The summed E-state index contributed by atoms with van der Waals surface area (Å²) in [6, 6.07) is -0.716. The predicted octanol–water partition coefficient (Wildman–Crippen LogP) is 0.766. The molecule has 74 valence electrons. The first-order valence-corrected chi connectivity index (χ1v) is 4.65. The van der Waals surface area contributed by atoms with Gasteiger partial charge in [0, 0.05) is 6.42 Å². The van der Waals surface area contributed by atoms with Crippen LogP contribution < -0.4 is 5.32 Å². The molecule has 1 aliphatic rings. The number of carbonyl (C=O) groups excluding carboxylic acids is 1. The molecule has 0 aromatic carbocycles. The van der Waals surface area contributed by atoms with E-state index in [0.29, 0.717) is 18.8 Å². The second kappa shape index (κ2) is 4.25. The second-order valence-electron chi connectivity index (χ2n) is 3.51. The molecule has 0 aliphatic heterocycles. The van der Waals surface area contributed by atoms with Gasteiger partial charge in [-0.2, -0.15) is 0 Å². The Morgan fingerprint density at radius 1 is 1.54 bits per heavy atom. The lowest BCUT2D eigenvalue weighted by Gasteiger charge is -2.11. The first-order valence-electron chi connectivity index (χ1n) is 4.65. The van der Waals surface area contributed by atoms with E-state index in [-0.39, 0.29) is 5.91 Å². The number of hydrogen-bond donors (Lipinski definition) is 2. The van der Waals surface area contributed by atoms with Gasteiger partial charge in [-0.3, -0.25) is 4.79 Å². The number of hydrogen-bond acceptors (Lipinski definition) is 2. The van der Waals surface area contributed by atoms with Gasteiger partial charge in [-0.15, -0.1) is 0 Å². The molecule has 1 amide bonds. The van der Waals surface area contributed by atoms with Gasteiger partial charge in [0.15, 0.2) is 0 Å². The Labute approximate surface area is 77.3 Å². The van der Waals surface area contributed by atoms with Crippen LogP contribution in [0.2, 0.25) is 0 Å². The third-order valence-corrected chi connectivity index (χ3v) is 2.21. The summed E-state index contributed by atoms with van der Waals surface area (Å²) in [7, 11) is 0. The van der Waals surface area contributed by atoms with Crippen molar-refractivity contribution in [1.29, 1.82) is 0 Å². The maximum Gasteiger partial charge on any atom is 0.326 e. The van der Waals surface area contributed by atoms with Crippen molar-refractivity contribution in [3.8, 4) is 0 Å². The lowest BCUT2D eigenvalue weighted by atomic mass is 10.2. The van der Waals surface area contributed by atoms with Gasteiger partial charge in [0.05, 0.1) is 0 Å². The zero-order chi connectivity index (χ0) is 9.84. The molecule has 0 bridgehead atoms. The fourth-order valence-corrected chi connectivity index (χ4v) is 1.18. The van der Waals surface area contributed by atoms with Crippen molar-refractivity contribution in [1.82, 2.24) is 5.32 Å². The van der Waals surface area contributed by atoms with Crippen molar-refractivity contribution in [3.63, 3.8) is 0 Å². The van der Waals surface area contributed by atoms with E-state index >= 15 is 0 Å². The minimum Gasteiger partial charge on any atom is -0.480 e. The largest absolute Gasteiger partial charge is 0.480 e. The number of nitrogens with one attached hydrogen (secondary N) is 1. The van der Waals surface area contributed by atoms with Gasteiger partial charge in [0.1, 0.15) is 6.04 Å². The normalized spacial score (nSPS) is 17.9. The van der Waals surface area contributed by atoms with Crippen molar-refractivity contribution < 1.29 is 14.7 Å². The zero-order valence-electron chi connectivity index (χ0n) is 7.75. The Morgan fingerprint density at radius 2 is 2.15 bits per heavy atom. The number of amides is 1. The molecule has 0 aromatic heterocycles. The van der Waals surface area contributed by atoms with E-state index in [9.17, 15) is 9.59 Å². The average Bonchev–Trinajstić information content (AvgIpc) is 2.83. The SMILES string of the molecule is CC[C@H](NC(=O)CC1CC1)C(=O)O. The van der Waals surface area contributed by atoms with Crippen LogP contribution in [0, 0.1) is 5.92 Å². The lowest BCUT2D eigenvalue weighted by Crippen LogP contribution is -2.40. The van der Waals surface area contributed by atoms with E-state index in [4.69, 9.17) is 5.11 Å². The Hall–Kier alpha value is -1.06. The first kappa shape index (κ1) is 10.0. The molecule has 0 radical (unpaired) electrons. The van der Waals surface area contributed by atoms with E-state index < -0.39 is 12.0 Å². The molecule has 1 aliphatic carbocycles. The molecule has 13 heavy (non-hydrogen) atoms. The molecular weight excluding hydrogens is 170 g/mol. The smallest absolute Gasteiger partial charge is 0.326 e. The van der Waals surface area contributed by atoms with Gasteiger partial charge in [0.2, 0.25) is 5.91 Å². The Bertz CT molecular complexity index is 211. The number of carboxylic acids is 1. The van der Waals surface area contributed by atoms with E-state index in [0.717, 1.165) is 12.8 Å². The fourth-order valence-electron chi connectivity index (χ4n) is 1.18. The molecule has 1 fully saturated rings. The van der Waals surface area contributed by atoms with Gasteiger partial charge >= 0.3 is 5.97 Å². The Balaban J connectivity index is 2.26. The summed E-state index contributed by atoms with van der Waals surface area (Å²) in [5.74, 6) is -0.574. The van der Waals surface area contributed by atoms with Crippen molar-refractivity contribution in [2.45, 2.75) is 38.6 Å². The molecule has 2 N–H and O–H groups in total. The monoisotopic (exact) mass is 185 g/mol. The van der Waals surface area contributed by atoms with E-state index in [1.165, 1.54) is 0 Å². The third-order valence-electron chi connectivity index (χ3n) is 2.21. The molecule has 0 heterocycles. The molecule has 1 atom stereocenters. The van der Waals surface area contributed by atoms with Crippen molar-refractivity contribution in [2.24, 2.45) is 5.92 Å². The summed E-state index contributed by atoms with van der Waals surface area (Å²) >= 11 is 0. The molecule has 4 nitrogen and oxygen atoms in total. The minimum absolute atomic E-state index is 0.128. The number of aliphatic carboxylic acids is 1. The third kappa shape index (κ3) is 3.44. The van der Waals surface area contributed by atoms with Gasteiger partial charge < -0.3 is 10.4 Å². The Morgan fingerprint density at radius 3 is 2.54 bits per heavy atom. The number of carbonyl (C=O) groups is 2. The summed E-state index contributed by atoms with van der Waals surface area (Å²) < 4.78 is 0. The number of carboxylic acid groups (broad SMARTS) is 1. The molecule has 0 saturated heterocycles. The van der Waals surface area contributed by atoms with Crippen LogP contribution in [0.5, 0.6) is 0 Å². The molecule has 0 spiro atoms. The minimum atomic E-state index is -0.952. The predicted molar refractivity (Wildman–Crippen MR) is 47.2 cm³/mol. The maximum atomic E-state index is 11.2. The second-order valence-corrected chi connectivity index (χ2v) is 3.51. The number of rotatable bonds is 5. The highest BCUT2D eigenvalue weighted by Crippen LogP contribution is 2.32. The maximum absolute atomic E-state index is 11.2. The van der Waals surface area contributed by atoms with E-state index in [1.807, 2.05) is 0 Å². The van der Waals surface area contributed by atoms with E-state index in [2.05, 4.69) is 5.32 Å². The quantitative estimate of drug-likeness (QED) is 0.664. The van der Waals surface area contributed by atoms with Crippen molar-refractivity contribution in [3.05, 3.63) is 0 Å². The molecule has 1 saturated carbocycles. The fraction of sp³-hybridized carbons (Fsp3) is 0.778. The zero-order valence-corrected chi connectivity index (χ0v) is 7.75. The summed E-state index contributed by atoms with van der Waals surface area (Å²) in [5, 5.41) is 11.2. The summed E-state index contributed by atoms with van der Waals surface area (Å²) in [6.07, 6.45) is 3.14. The molecule has 1 rings (SSSR count). The first-order chi connectivity index (χ1) is 6.13. The Kier molecular flexibility index (Phi) is 3.28. The van der Waals surface area contributed by atoms with Crippen LogP contribution in [0.4, 0.5) is 0 Å². The van der Waals surface area contributed by atoms with Crippen LogP contribution in [0.1, 0.15) is 32.6 Å². The van der Waals surface area contributed by atoms with Crippen LogP contribution >= 0.6 is 0 Å². The lowest BCUT2D eigenvalue weighted by molar-refractivity contribution is -0.141. The molecule has 0 unspecified atom stereocenters. The van der Waals surface area contributed by atoms with Crippen molar-refractivity contribution >= 4 is 11.9 Å². The van der Waals surface area contributed by atoms with Crippen molar-refractivity contribution in [2.75, 3.05) is 0 Å². The summed E-state index contributed by atoms with van der Waals surface area (Å²) in [5.41, 5.74) is 0. The molecular formula is C9H15NO3. The van der Waals surface area contributed by atoms with Crippen LogP contribution in [0.3, 0.4) is 0 Å². The van der Waals surface area contributed by atoms with Gasteiger partial charge in [-0.05, 0) is 25.2 Å². The summed E-state index contributed by atoms with van der Waals surface area (Å²) in [6.45, 7) is 1.75. The van der Waals surface area contributed by atoms with Gasteiger partial charge in [0.25, 0.3) is 0 Å². The van der Waals surface area contributed by atoms with Gasteiger partial charge in [-0.25, -0.2) is 4.79 Å². The van der Waals surface area contributed by atoms with Crippen LogP contribution in [0.25, 0.3) is 0 Å². The molecule has 0 aromatic rings. The standard InChI is InChI=1S/C9H15NO3/c1-2-7(9(12)13)10-8(11)5-6-3-4-6/h6-7H,2-5H2,1H3,(H,10,11)(H,12,13)/t7-/m0/s1. The highest BCUT2D eigenvalue weighted by atomic mass is 16.4. The average molecular weight is 185 g/mol. The van der Waals surface area contributed by atoms with Crippen LogP contribution in [-0.4, -0.2) is 23.0 Å². The van der Waals surface area contributed by atoms with Gasteiger partial charge in [-0.1, -0.05) is 6.92 Å². The van der Waals surface area contributed by atoms with E-state index in [1.54, 1.807) is 6.92 Å². The van der Waals surface area contributed by atoms with Crippen LogP contribution in [0.15, 0.2) is 0 Å². The van der Waals surface area contributed by atoms with Crippen LogP contribution in [-0.2, 0) is 9.59 Å². The highest BCUT2D eigenvalue weighted by Gasteiger charge is 2.26.